The number of carbonyl (C=O) groups is 1. The van der Waals surface area contributed by atoms with Gasteiger partial charge in [0.1, 0.15) is 18.5 Å². The van der Waals surface area contributed by atoms with Gasteiger partial charge >= 0.3 is 0 Å². The van der Waals surface area contributed by atoms with Crippen molar-refractivity contribution in [2.75, 3.05) is 26.3 Å². The number of hydrogen-bond acceptors (Lipinski definition) is 4. The van der Waals surface area contributed by atoms with Crippen molar-refractivity contribution in [1.29, 1.82) is 0 Å². The van der Waals surface area contributed by atoms with Gasteiger partial charge in [-0.2, -0.15) is 0 Å². The van der Waals surface area contributed by atoms with Crippen LogP contribution in [0.3, 0.4) is 0 Å². The molecule has 1 aromatic carbocycles. The Balaban J connectivity index is 1.72. The van der Waals surface area contributed by atoms with Crippen LogP contribution < -0.4 is 4.74 Å². The lowest BCUT2D eigenvalue weighted by Crippen LogP contribution is -2.52. The molecule has 1 saturated heterocycles. The number of aryl methyl sites for hydroxylation is 1. The maximum absolute atomic E-state index is 12.0. The number of carbonyl (C=O) groups excluding carboxylic acids is 1. The predicted molar refractivity (Wildman–Crippen MR) is 78.9 cm³/mol. The van der Waals surface area contributed by atoms with E-state index in [1.54, 1.807) is 0 Å². The lowest BCUT2D eigenvalue weighted by Gasteiger charge is -2.44. The number of nitrogens with zero attached hydrogens (tertiary/aromatic N) is 1. The van der Waals surface area contributed by atoms with Gasteiger partial charge in [0, 0.05) is 24.1 Å². The first-order chi connectivity index (χ1) is 10.3. The number of fused-ring (bicyclic) bond motifs is 4. The fourth-order valence-corrected chi connectivity index (χ4v) is 3.83. The Labute approximate surface area is 125 Å². The first kappa shape index (κ1) is 13.3. The zero-order chi connectivity index (χ0) is 14.4. The number of hydrogen-bond donors (Lipinski definition) is 0. The quantitative estimate of drug-likeness (QED) is 0.837. The molecule has 0 N–H and O–H groups in total. The molecule has 4 heteroatoms. The summed E-state index contributed by atoms with van der Waals surface area (Å²) in [6.07, 6.45) is 2.67. The lowest BCUT2D eigenvalue weighted by molar-refractivity contribution is -0.0956. The molecule has 1 aliphatic carbocycles. The van der Waals surface area contributed by atoms with Crippen LogP contribution in [0.15, 0.2) is 12.1 Å². The number of ketones is 1. The van der Waals surface area contributed by atoms with Gasteiger partial charge in [-0.15, -0.1) is 0 Å². The minimum atomic E-state index is 0.0488. The second-order valence-corrected chi connectivity index (χ2v) is 6.18. The van der Waals surface area contributed by atoms with Gasteiger partial charge in [-0.3, -0.25) is 9.69 Å². The molecule has 0 unspecified atom stereocenters. The Hall–Kier alpha value is -1.39. The van der Waals surface area contributed by atoms with E-state index in [0.717, 1.165) is 55.0 Å². The fourth-order valence-electron chi connectivity index (χ4n) is 3.83. The van der Waals surface area contributed by atoms with Crippen LogP contribution in [-0.2, 0) is 11.2 Å². The van der Waals surface area contributed by atoms with E-state index in [1.807, 2.05) is 6.07 Å². The van der Waals surface area contributed by atoms with E-state index in [1.165, 1.54) is 0 Å². The predicted octanol–water partition coefficient (Wildman–Crippen LogP) is 2.36. The Morgan fingerprint density at radius 1 is 1.33 bits per heavy atom. The summed E-state index contributed by atoms with van der Waals surface area (Å²) in [4.78, 5) is 14.5. The van der Waals surface area contributed by atoms with Crippen LogP contribution in [0.25, 0.3) is 0 Å². The first-order valence-corrected chi connectivity index (χ1v) is 7.96. The molecule has 0 saturated carbocycles. The molecule has 4 nitrogen and oxygen atoms in total. The van der Waals surface area contributed by atoms with Crippen LogP contribution in [-0.4, -0.2) is 43.0 Å². The average Bonchev–Trinajstić information content (AvgIpc) is 2.86. The number of benzene rings is 1. The standard InChI is InChI=1S/C17H21NO3/c1-2-5-18-6-7-20-17-13-9-12-11(3-4-15(12)19)8-16(13)21-10-14(17)18/h8-9,14,17H,2-7,10H2,1H3/t14-,17-/m1/s1. The number of rotatable bonds is 2. The molecule has 21 heavy (non-hydrogen) atoms. The third-order valence-electron chi connectivity index (χ3n) is 4.88. The molecular weight excluding hydrogens is 266 g/mol. The Morgan fingerprint density at radius 3 is 3.10 bits per heavy atom. The van der Waals surface area contributed by atoms with Gasteiger partial charge < -0.3 is 9.47 Å². The molecule has 4 rings (SSSR count). The molecule has 2 heterocycles. The van der Waals surface area contributed by atoms with Gasteiger partial charge in [0.2, 0.25) is 0 Å². The molecule has 2 aliphatic heterocycles. The van der Waals surface area contributed by atoms with Crippen molar-refractivity contribution < 1.29 is 14.3 Å². The lowest BCUT2D eigenvalue weighted by atomic mass is 9.93. The van der Waals surface area contributed by atoms with Crippen LogP contribution >= 0.6 is 0 Å². The number of morpholine rings is 1. The van der Waals surface area contributed by atoms with Gasteiger partial charge in [-0.25, -0.2) is 0 Å². The van der Waals surface area contributed by atoms with E-state index < -0.39 is 0 Å². The van der Waals surface area contributed by atoms with Crippen LogP contribution in [0.4, 0.5) is 0 Å². The summed E-state index contributed by atoms with van der Waals surface area (Å²) in [7, 11) is 0. The minimum Gasteiger partial charge on any atom is -0.491 e. The highest BCUT2D eigenvalue weighted by atomic mass is 16.5. The molecule has 3 aliphatic rings. The average molecular weight is 287 g/mol. The number of ether oxygens (including phenoxy) is 2. The van der Waals surface area contributed by atoms with Crippen molar-refractivity contribution in [1.82, 2.24) is 4.90 Å². The van der Waals surface area contributed by atoms with Crippen molar-refractivity contribution in [2.24, 2.45) is 0 Å². The van der Waals surface area contributed by atoms with Crippen molar-refractivity contribution in [3.8, 4) is 5.75 Å². The van der Waals surface area contributed by atoms with Crippen LogP contribution in [0.2, 0.25) is 0 Å². The largest absolute Gasteiger partial charge is 0.491 e. The zero-order valence-corrected chi connectivity index (χ0v) is 12.4. The van der Waals surface area contributed by atoms with E-state index in [4.69, 9.17) is 9.47 Å². The molecule has 1 aromatic rings. The second-order valence-electron chi connectivity index (χ2n) is 6.18. The van der Waals surface area contributed by atoms with Crippen molar-refractivity contribution in [2.45, 2.75) is 38.3 Å². The van der Waals surface area contributed by atoms with E-state index in [0.29, 0.717) is 13.0 Å². The van der Waals surface area contributed by atoms with Gasteiger partial charge in [-0.1, -0.05) is 6.92 Å². The summed E-state index contributed by atoms with van der Waals surface area (Å²) < 4.78 is 12.0. The summed E-state index contributed by atoms with van der Waals surface area (Å²) in [5.74, 6) is 1.18. The van der Waals surface area contributed by atoms with Crippen LogP contribution in [0.5, 0.6) is 5.75 Å². The molecule has 1 fully saturated rings. The first-order valence-electron chi connectivity index (χ1n) is 7.96. The smallest absolute Gasteiger partial charge is 0.163 e. The second kappa shape index (κ2) is 5.11. The van der Waals surface area contributed by atoms with E-state index in [2.05, 4.69) is 17.9 Å². The fraction of sp³-hybridized carbons (Fsp3) is 0.588. The zero-order valence-electron chi connectivity index (χ0n) is 12.4. The summed E-state index contributed by atoms with van der Waals surface area (Å²) in [5.41, 5.74) is 3.09. The maximum atomic E-state index is 12.0. The molecular formula is C17H21NO3. The molecule has 0 aromatic heterocycles. The molecule has 0 radical (unpaired) electrons. The van der Waals surface area contributed by atoms with E-state index in [-0.39, 0.29) is 17.9 Å². The summed E-state index contributed by atoms with van der Waals surface area (Å²) in [5, 5.41) is 0. The highest BCUT2D eigenvalue weighted by Gasteiger charge is 2.39. The summed E-state index contributed by atoms with van der Waals surface area (Å²) in [6.45, 7) is 5.69. The van der Waals surface area contributed by atoms with Crippen molar-refractivity contribution in [3.05, 3.63) is 28.8 Å². The topological polar surface area (TPSA) is 38.8 Å². The van der Waals surface area contributed by atoms with Crippen LogP contribution in [0, 0.1) is 0 Å². The Kier molecular flexibility index (Phi) is 3.23. The monoisotopic (exact) mass is 287 g/mol. The maximum Gasteiger partial charge on any atom is 0.163 e. The van der Waals surface area contributed by atoms with Gasteiger partial charge in [0.05, 0.1) is 12.6 Å². The normalized spacial score (nSPS) is 27.8. The van der Waals surface area contributed by atoms with Gasteiger partial charge in [-0.05, 0) is 37.1 Å². The Bertz CT molecular complexity index is 582. The van der Waals surface area contributed by atoms with Crippen molar-refractivity contribution >= 4 is 5.78 Å². The summed E-state index contributed by atoms with van der Waals surface area (Å²) in [6, 6.07) is 4.38. The molecule has 112 valence electrons. The minimum absolute atomic E-state index is 0.0488. The molecule has 0 bridgehead atoms. The molecule has 2 atom stereocenters. The number of Topliss-reactive ketones (excluding diaryl/α,β-unsaturated/α-hetero) is 1. The van der Waals surface area contributed by atoms with E-state index in [9.17, 15) is 4.79 Å². The van der Waals surface area contributed by atoms with E-state index >= 15 is 0 Å². The SMILES string of the molecule is CCCN1CCO[C@@H]2c3cc4c(cc3OC[C@H]21)CCC4=O. The third-order valence-corrected chi connectivity index (χ3v) is 4.88. The van der Waals surface area contributed by atoms with Gasteiger partial charge in [0.15, 0.2) is 5.78 Å². The van der Waals surface area contributed by atoms with Crippen LogP contribution in [0.1, 0.15) is 47.4 Å². The summed E-state index contributed by atoms with van der Waals surface area (Å²) >= 11 is 0. The third kappa shape index (κ3) is 2.09. The highest BCUT2D eigenvalue weighted by Crippen LogP contribution is 2.41. The highest BCUT2D eigenvalue weighted by molar-refractivity contribution is 6.00. The Morgan fingerprint density at radius 2 is 2.24 bits per heavy atom. The molecule has 0 spiro atoms. The van der Waals surface area contributed by atoms with Crippen molar-refractivity contribution in [3.63, 3.8) is 0 Å². The van der Waals surface area contributed by atoms with Gasteiger partial charge in [0.25, 0.3) is 0 Å². The molecule has 0 amide bonds.